The van der Waals surface area contributed by atoms with E-state index in [1.165, 1.54) is 25.7 Å². The molecular formula is C11H23NOS. The molecule has 0 saturated heterocycles. The molecule has 3 unspecified atom stereocenters. The lowest BCUT2D eigenvalue weighted by Gasteiger charge is -2.31. The number of hydrogen-bond acceptors (Lipinski definition) is 3. The van der Waals surface area contributed by atoms with Gasteiger partial charge < -0.3 is 10.4 Å². The zero-order chi connectivity index (χ0) is 10.4. The molecule has 0 aromatic rings. The average molecular weight is 217 g/mol. The number of hydrogen-bond donors (Lipinski definition) is 2. The third-order valence-corrected chi connectivity index (χ3v) is 4.22. The second-order valence-corrected chi connectivity index (χ2v) is 5.44. The van der Waals surface area contributed by atoms with Crippen molar-refractivity contribution in [1.82, 2.24) is 5.32 Å². The Morgan fingerprint density at radius 1 is 1.43 bits per heavy atom. The molecule has 0 aromatic carbocycles. The molecule has 2 N–H and O–H groups in total. The molecule has 3 atom stereocenters. The number of rotatable bonds is 5. The van der Waals surface area contributed by atoms with Gasteiger partial charge in [0.2, 0.25) is 0 Å². The van der Waals surface area contributed by atoms with Crippen molar-refractivity contribution in [1.29, 1.82) is 0 Å². The van der Waals surface area contributed by atoms with E-state index in [-0.39, 0.29) is 0 Å². The van der Waals surface area contributed by atoms with Crippen LogP contribution >= 0.6 is 11.8 Å². The summed E-state index contributed by atoms with van der Waals surface area (Å²) in [6, 6.07) is 0.674. The maximum absolute atomic E-state index is 8.94. The van der Waals surface area contributed by atoms with Crippen LogP contribution in [0.3, 0.4) is 0 Å². The van der Waals surface area contributed by atoms with Gasteiger partial charge in [-0.3, -0.25) is 0 Å². The molecule has 1 aliphatic rings. The summed E-state index contributed by atoms with van der Waals surface area (Å²) in [6.45, 7) is 3.34. The maximum atomic E-state index is 8.94. The highest BCUT2D eigenvalue weighted by Crippen LogP contribution is 2.27. The van der Waals surface area contributed by atoms with Gasteiger partial charge in [-0.25, -0.2) is 0 Å². The van der Waals surface area contributed by atoms with Crippen molar-refractivity contribution in [3.63, 3.8) is 0 Å². The summed E-state index contributed by atoms with van der Waals surface area (Å²) in [5.41, 5.74) is 0. The van der Waals surface area contributed by atoms with Crippen molar-refractivity contribution >= 4 is 11.8 Å². The summed E-state index contributed by atoms with van der Waals surface area (Å²) in [4.78, 5) is 0. The highest BCUT2D eigenvalue weighted by molar-refractivity contribution is 7.99. The van der Waals surface area contributed by atoms with E-state index in [1.54, 1.807) is 0 Å². The molecule has 0 aliphatic heterocycles. The highest BCUT2D eigenvalue weighted by atomic mass is 32.2. The number of aliphatic hydroxyl groups is 1. The Hall–Kier alpha value is 0.270. The van der Waals surface area contributed by atoms with Gasteiger partial charge in [-0.15, -0.1) is 0 Å². The molecule has 0 bridgehead atoms. The molecule has 1 saturated carbocycles. The molecule has 84 valence electrons. The van der Waals surface area contributed by atoms with E-state index in [9.17, 15) is 0 Å². The zero-order valence-electron chi connectivity index (χ0n) is 9.33. The summed E-state index contributed by atoms with van der Waals surface area (Å²) < 4.78 is 0. The lowest BCUT2D eigenvalue weighted by Crippen LogP contribution is -2.42. The van der Waals surface area contributed by atoms with E-state index >= 15 is 0 Å². The summed E-state index contributed by atoms with van der Waals surface area (Å²) in [7, 11) is 0. The fraction of sp³-hybridized carbons (Fsp3) is 1.00. The van der Waals surface area contributed by atoms with Gasteiger partial charge in [0.25, 0.3) is 0 Å². The van der Waals surface area contributed by atoms with Crippen LogP contribution in [0.25, 0.3) is 0 Å². The minimum Gasteiger partial charge on any atom is -0.396 e. The molecule has 14 heavy (non-hydrogen) atoms. The fourth-order valence-corrected chi connectivity index (χ4v) is 2.99. The summed E-state index contributed by atoms with van der Waals surface area (Å²) in [5.74, 6) is 0.388. The first-order valence-electron chi connectivity index (χ1n) is 5.65. The van der Waals surface area contributed by atoms with Crippen molar-refractivity contribution in [2.24, 2.45) is 5.92 Å². The molecular weight excluding hydrogens is 194 g/mol. The normalized spacial score (nSPS) is 30.2. The van der Waals surface area contributed by atoms with E-state index in [0.29, 0.717) is 18.6 Å². The van der Waals surface area contributed by atoms with Crippen molar-refractivity contribution in [3.8, 4) is 0 Å². The third kappa shape index (κ3) is 3.79. The van der Waals surface area contributed by atoms with Crippen molar-refractivity contribution in [2.45, 2.75) is 43.9 Å². The molecule has 2 nitrogen and oxygen atoms in total. The monoisotopic (exact) mass is 217 g/mol. The van der Waals surface area contributed by atoms with E-state index in [4.69, 9.17) is 5.11 Å². The Balaban J connectivity index is 2.26. The van der Waals surface area contributed by atoms with Gasteiger partial charge in [-0.05, 0) is 25.0 Å². The van der Waals surface area contributed by atoms with Crippen molar-refractivity contribution in [2.75, 3.05) is 19.4 Å². The minimum atomic E-state index is 0.295. The van der Waals surface area contributed by atoms with Crippen LogP contribution in [-0.4, -0.2) is 35.8 Å². The van der Waals surface area contributed by atoms with Crippen LogP contribution in [0.5, 0.6) is 0 Å². The van der Waals surface area contributed by atoms with E-state index < -0.39 is 0 Å². The lowest BCUT2D eigenvalue weighted by atomic mass is 9.94. The second-order valence-electron chi connectivity index (χ2n) is 4.36. The van der Waals surface area contributed by atoms with Gasteiger partial charge >= 0.3 is 0 Å². The number of thioether (sulfide) groups is 1. The van der Waals surface area contributed by atoms with Gasteiger partial charge in [0.05, 0.1) is 0 Å². The Morgan fingerprint density at radius 3 is 2.79 bits per heavy atom. The smallest absolute Gasteiger partial charge is 0.0468 e. The largest absolute Gasteiger partial charge is 0.396 e. The third-order valence-electron chi connectivity index (χ3n) is 3.05. The van der Waals surface area contributed by atoms with Crippen LogP contribution in [0.15, 0.2) is 0 Å². The predicted octanol–water partition coefficient (Wildman–Crippen LogP) is 1.88. The first-order valence-corrected chi connectivity index (χ1v) is 6.93. The SMILES string of the molecule is CSC1CCCCC1NCC(C)CO. The van der Waals surface area contributed by atoms with Gasteiger partial charge in [0.1, 0.15) is 0 Å². The van der Waals surface area contributed by atoms with Gasteiger partial charge in [-0.2, -0.15) is 11.8 Å². The molecule has 0 aromatic heterocycles. The Labute approximate surface area is 91.9 Å². The summed E-state index contributed by atoms with van der Waals surface area (Å²) in [6.07, 6.45) is 7.62. The quantitative estimate of drug-likeness (QED) is 0.737. The number of aliphatic hydroxyl groups excluding tert-OH is 1. The lowest BCUT2D eigenvalue weighted by molar-refractivity contribution is 0.226. The molecule has 0 amide bonds. The highest BCUT2D eigenvalue weighted by Gasteiger charge is 2.23. The molecule has 1 aliphatic carbocycles. The van der Waals surface area contributed by atoms with E-state index in [0.717, 1.165) is 11.8 Å². The van der Waals surface area contributed by atoms with Crippen LogP contribution in [0.1, 0.15) is 32.6 Å². The first kappa shape index (κ1) is 12.3. The standard InChI is InChI=1S/C11H23NOS/c1-9(8-13)7-12-10-5-3-4-6-11(10)14-2/h9-13H,3-8H2,1-2H3. The summed E-state index contributed by atoms with van der Waals surface area (Å²) >= 11 is 1.99. The van der Waals surface area contributed by atoms with E-state index in [1.807, 2.05) is 11.8 Å². The second kappa shape index (κ2) is 6.70. The average Bonchev–Trinajstić information content (AvgIpc) is 2.26. The van der Waals surface area contributed by atoms with Crippen molar-refractivity contribution in [3.05, 3.63) is 0 Å². The Bertz CT molecular complexity index is 154. The number of nitrogens with one attached hydrogen (secondary N) is 1. The molecule has 0 heterocycles. The van der Waals surface area contributed by atoms with Crippen LogP contribution in [-0.2, 0) is 0 Å². The molecule has 0 radical (unpaired) electrons. The maximum Gasteiger partial charge on any atom is 0.0468 e. The predicted molar refractivity (Wildman–Crippen MR) is 63.8 cm³/mol. The summed E-state index contributed by atoms with van der Waals surface area (Å²) in [5, 5.41) is 13.3. The van der Waals surface area contributed by atoms with E-state index in [2.05, 4.69) is 18.5 Å². The zero-order valence-corrected chi connectivity index (χ0v) is 10.1. The van der Waals surface area contributed by atoms with Crippen LogP contribution in [0.4, 0.5) is 0 Å². The minimum absolute atomic E-state index is 0.295. The molecule has 1 fully saturated rings. The fourth-order valence-electron chi connectivity index (χ4n) is 2.03. The Morgan fingerprint density at radius 2 is 2.14 bits per heavy atom. The van der Waals surface area contributed by atoms with Gasteiger partial charge in [0.15, 0.2) is 0 Å². The van der Waals surface area contributed by atoms with Crippen LogP contribution in [0.2, 0.25) is 0 Å². The van der Waals surface area contributed by atoms with Gasteiger partial charge in [-0.1, -0.05) is 19.8 Å². The Kier molecular flexibility index (Phi) is 5.90. The molecule has 0 spiro atoms. The molecule has 1 rings (SSSR count). The molecule has 3 heteroatoms. The van der Waals surface area contributed by atoms with Crippen LogP contribution < -0.4 is 5.32 Å². The van der Waals surface area contributed by atoms with Crippen LogP contribution in [0, 0.1) is 5.92 Å². The van der Waals surface area contributed by atoms with Crippen molar-refractivity contribution < 1.29 is 5.11 Å². The first-order chi connectivity index (χ1) is 6.77. The van der Waals surface area contributed by atoms with Gasteiger partial charge in [0, 0.05) is 24.4 Å². The topological polar surface area (TPSA) is 32.3 Å².